The summed E-state index contributed by atoms with van der Waals surface area (Å²) in [5, 5.41) is 10.7. The van der Waals surface area contributed by atoms with Gasteiger partial charge in [0.2, 0.25) is 0 Å². The maximum absolute atomic E-state index is 10.2. The summed E-state index contributed by atoms with van der Waals surface area (Å²) in [6.45, 7) is 0.357. The number of hydrogen-bond acceptors (Lipinski definition) is 3. The number of carboxylic acids is 1. The molecule has 13 heavy (non-hydrogen) atoms. The van der Waals surface area contributed by atoms with Crippen LogP contribution in [0.3, 0.4) is 0 Å². The Morgan fingerprint density at radius 1 is 1.54 bits per heavy atom. The van der Waals surface area contributed by atoms with Gasteiger partial charge in [-0.25, -0.2) is 4.79 Å². The van der Waals surface area contributed by atoms with E-state index >= 15 is 0 Å². The number of hydrogen-bond donors (Lipinski definition) is 4. The summed E-state index contributed by atoms with van der Waals surface area (Å²) >= 11 is 0. The van der Waals surface area contributed by atoms with Crippen molar-refractivity contribution in [2.45, 2.75) is 18.9 Å². The second-order valence-corrected chi connectivity index (χ2v) is 2.38. The monoisotopic (exact) mass is 215 g/mol. The molecule has 0 aromatic rings. The van der Waals surface area contributed by atoms with Crippen molar-refractivity contribution >= 4 is 12.0 Å². The van der Waals surface area contributed by atoms with Gasteiger partial charge >= 0.3 is 63.4 Å². The summed E-state index contributed by atoms with van der Waals surface area (Å²) in [5.74, 6) is -1.03. The first-order chi connectivity index (χ1) is 5.54. The van der Waals surface area contributed by atoms with Gasteiger partial charge in [-0.2, -0.15) is 0 Å². The third-order valence-corrected chi connectivity index (χ3v) is 1.31. The molecule has 2 amide bonds. The van der Waals surface area contributed by atoms with Crippen molar-refractivity contribution in [3.63, 3.8) is 0 Å². The zero-order chi connectivity index (χ0) is 9.56. The fourth-order valence-electron chi connectivity index (χ4n) is 0.657. The van der Waals surface area contributed by atoms with E-state index in [1.165, 1.54) is 0 Å². The Morgan fingerprint density at radius 3 is 2.46 bits per heavy atom. The van der Waals surface area contributed by atoms with Gasteiger partial charge in [-0.1, -0.05) is 0 Å². The maximum atomic E-state index is 10.2. The zero-order valence-electron chi connectivity index (χ0n) is 8.62. The molecule has 0 spiro atoms. The van der Waals surface area contributed by atoms with Gasteiger partial charge in [0, 0.05) is 6.54 Å². The van der Waals surface area contributed by atoms with Crippen LogP contribution in [0.5, 0.6) is 0 Å². The molecule has 0 aliphatic rings. The quantitative estimate of drug-likeness (QED) is 0.276. The number of carbonyl (C=O) groups is 2. The number of rotatable bonds is 5. The second-order valence-electron chi connectivity index (χ2n) is 2.38. The van der Waals surface area contributed by atoms with Gasteiger partial charge in [-0.15, -0.1) is 0 Å². The zero-order valence-corrected chi connectivity index (χ0v) is 10.7. The molecule has 0 aliphatic heterocycles. The molecule has 72 valence electrons. The largest absolute Gasteiger partial charge is 1.00 e. The summed E-state index contributed by atoms with van der Waals surface area (Å²) in [6, 6.07) is -1.47. The Hall–Kier alpha value is 0.336. The molecule has 1 atom stereocenters. The summed E-state index contributed by atoms with van der Waals surface area (Å²) in [4.78, 5) is 20.3. The van der Waals surface area contributed by atoms with Crippen LogP contribution in [-0.2, 0) is 4.79 Å². The van der Waals surface area contributed by atoms with Crippen molar-refractivity contribution in [3.05, 3.63) is 0 Å². The van der Waals surface area contributed by atoms with Gasteiger partial charge in [0.25, 0.3) is 0 Å². The van der Waals surface area contributed by atoms with Crippen molar-refractivity contribution in [2.24, 2.45) is 11.5 Å². The number of amides is 2. The molecule has 7 heteroatoms. The van der Waals surface area contributed by atoms with E-state index < -0.39 is 18.0 Å². The molecule has 0 saturated carbocycles. The minimum Gasteiger partial charge on any atom is -1.00 e. The number of carboxylic acid groups (broad SMARTS) is 1. The average Bonchev–Trinajstić information content (AvgIpc) is 1.97. The van der Waals surface area contributed by atoms with Crippen LogP contribution in [0, 0.1) is 0 Å². The van der Waals surface area contributed by atoms with Crippen molar-refractivity contribution < 1.29 is 67.5 Å². The molecule has 6 N–H and O–H groups in total. The van der Waals surface area contributed by atoms with Gasteiger partial charge in [-0.3, -0.25) is 4.79 Å². The Morgan fingerprint density at radius 2 is 2.08 bits per heavy atom. The Bertz CT molecular complexity index is 182. The summed E-state index contributed by atoms with van der Waals surface area (Å²) in [7, 11) is 0. The van der Waals surface area contributed by atoms with Crippen LogP contribution in [0.4, 0.5) is 4.79 Å². The van der Waals surface area contributed by atoms with Gasteiger partial charge in [0.15, 0.2) is 0 Å². The standard InChI is InChI=1S/C6H13N3O3.K.H/c7-4(5(10)11)2-1-3-9-6(8)12;;/h4H,1-3,7H2,(H,10,11)(H3,8,9,12);;/q;+1;-1/t4-;;/m0../s1. The first kappa shape index (κ1) is 15.8. The van der Waals surface area contributed by atoms with Crippen LogP contribution in [0.25, 0.3) is 0 Å². The smallest absolute Gasteiger partial charge is 1.00 e. The third kappa shape index (κ3) is 10.3. The van der Waals surface area contributed by atoms with Gasteiger partial charge in [0.1, 0.15) is 6.04 Å². The van der Waals surface area contributed by atoms with E-state index in [9.17, 15) is 9.59 Å². The van der Waals surface area contributed by atoms with Crippen LogP contribution in [-0.4, -0.2) is 29.7 Å². The van der Waals surface area contributed by atoms with Crippen LogP contribution in [0.2, 0.25) is 0 Å². The topological polar surface area (TPSA) is 118 Å². The van der Waals surface area contributed by atoms with E-state index in [0.717, 1.165) is 0 Å². The fourth-order valence-corrected chi connectivity index (χ4v) is 0.657. The van der Waals surface area contributed by atoms with Crippen molar-refractivity contribution in [3.8, 4) is 0 Å². The maximum Gasteiger partial charge on any atom is 1.00 e. The third-order valence-electron chi connectivity index (χ3n) is 1.31. The second kappa shape index (κ2) is 8.91. The molecule has 0 rings (SSSR count). The molecule has 0 aromatic heterocycles. The number of urea groups is 1. The van der Waals surface area contributed by atoms with Crippen molar-refractivity contribution in [1.29, 1.82) is 0 Å². The molecule has 0 heterocycles. The van der Waals surface area contributed by atoms with E-state index in [0.29, 0.717) is 19.4 Å². The molecular formula is C6H14KN3O3. The number of primary amides is 1. The molecule has 0 fully saturated rings. The number of aliphatic carboxylic acids is 1. The van der Waals surface area contributed by atoms with E-state index in [1.807, 2.05) is 0 Å². The van der Waals surface area contributed by atoms with Crippen molar-refractivity contribution in [1.82, 2.24) is 5.32 Å². The van der Waals surface area contributed by atoms with Gasteiger partial charge < -0.3 is 23.3 Å². The number of nitrogens with two attached hydrogens (primary N) is 2. The molecule has 0 saturated heterocycles. The first-order valence-electron chi connectivity index (χ1n) is 3.55. The van der Waals surface area contributed by atoms with Gasteiger partial charge in [0.05, 0.1) is 0 Å². The minimum atomic E-state index is -1.03. The predicted octanol–water partition coefficient (Wildman–Crippen LogP) is -4.04. The Balaban J connectivity index is -0.000000605. The normalized spacial score (nSPS) is 11.2. The molecule has 0 bridgehead atoms. The molecule has 0 aromatic carbocycles. The van der Waals surface area contributed by atoms with E-state index in [-0.39, 0.29) is 52.8 Å². The van der Waals surface area contributed by atoms with Crippen LogP contribution >= 0.6 is 0 Å². The molecule has 0 aliphatic carbocycles. The Kier molecular flexibility index (Phi) is 10.8. The summed E-state index contributed by atoms with van der Waals surface area (Å²) < 4.78 is 0. The molecule has 0 radical (unpaired) electrons. The summed E-state index contributed by atoms with van der Waals surface area (Å²) in [5.41, 5.74) is 9.96. The summed E-state index contributed by atoms with van der Waals surface area (Å²) in [6.07, 6.45) is 0.839. The van der Waals surface area contributed by atoms with Crippen LogP contribution in [0.1, 0.15) is 14.3 Å². The Labute approximate surface area is 120 Å². The predicted molar refractivity (Wildman–Crippen MR) is 43.5 cm³/mol. The molecule has 0 unspecified atom stereocenters. The fraction of sp³-hybridized carbons (Fsp3) is 0.667. The van der Waals surface area contributed by atoms with Crippen molar-refractivity contribution in [2.75, 3.05) is 6.54 Å². The average molecular weight is 215 g/mol. The number of carbonyl (C=O) groups excluding carboxylic acids is 1. The first-order valence-corrected chi connectivity index (χ1v) is 3.55. The van der Waals surface area contributed by atoms with Gasteiger partial charge in [-0.05, 0) is 12.8 Å². The van der Waals surface area contributed by atoms with E-state index in [4.69, 9.17) is 16.6 Å². The minimum absolute atomic E-state index is 0. The van der Waals surface area contributed by atoms with E-state index in [1.54, 1.807) is 0 Å². The van der Waals surface area contributed by atoms with Crippen LogP contribution < -0.4 is 68.2 Å². The van der Waals surface area contributed by atoms with Crippen LogP contribution in [0.15, 0.2) is 0 Å². The van der Waals surface area contributed by atoms with E-state index in [2.05, 4.69) is 5.32 Å². The number of nitrogens with one attached hydrogen (secondary N) is 1. The molecule has 6 nitrogen and oxygen atoms in total. The SMILES string of the molecule is NC(=O)NCCC[C@H](N)C(=O)O.[H-].[K+]. The molecular weight excluding hydrogens is 201 g/mol.